The van der Waals surface area contributed by atoms with Gasteiger partial charge < -0.3 is 4.90 Å². The first-order valence-corrected chi connectivity index (χ1v) is 9.81. The van der Waals surface area contributed by atoms with Crippen LogP contribution in [0.2, 0.25) is 0 Å². The molecule has 0 N–H and O–H groups in total. The third-order valence-electron chi connectivity index (χ3n) is 4.84. The van der Waals surface area contributed by atoms with Crippen molar-refractivity contribution in [2.75, 3.05) is 4.90 Å². The second kappa shape index (κ2) is 7.70. The fraction of sp³-hybridized carbons (Fsp3) is 0.350. The monoisotopic (exact) mass is 423 g/mol. The number of hydrogen-bond acceptors (Lipinski definition) is 4. The molecule has 29 heavy (non-hydrogen) atoms. The maximum absolute atomic E-state index is 13.2. The number of rotatable bonds is 5. The summed E-state index contributed by atoms with van der Waals surface area (Å²) in [4.78, 5) is 32.9. The largest absolute Gasteiger partial charge is 0.446 e. The molecule has 1 atom stereocenters. The van der Waals surface area contributed by atoms with Crippen molar-refractivity contribution in [3.63, 3.8) is 0 Å². The maximum atomic E-state index is 13.2. The van der Waals surface area contributed by atoms with Gasteiger partial charge in [0.1, 0.15) is 5.54 Å². The number of urea groups is 1. The minimum atomic E-state index is -4.40. The highest BCUT2D eigenvalue weighted by molar-refractivity contribution is 8.00. The number of halogens is 3. The predicted octanol–water partition coefficient (Wildman–Crippen LogP) is 5.39. The van der Waals surface area contributed by atoms with Crippen molar-refractivity contribution in [2.45, 2.75) is 49.2 Å². The van der Waals surface area contributed by atoms with E-state index in [-0.39, 0.29) is 28.4 Å². The quantitative estimate of drug-likeness (QED) is 0.478. The van der Waals surface area contributed by atoms with E-state index in [0.29, 0.717) is 6.42 Å². The number of anilines is 1. The Bertz CT molecular complexity index is 901. The Morgan fingerprint density at radius 1 is 1.07 bits per heavy atom. The number of carbonyl (C=O) groups excluding carboxylic acids is 2. The van der Waals surface area contributed by atoms with E-state index < -0.39 is 23.0 Å². The van der Waals surface area contributed by atoms with E-state index in [1.807, 2.05) is 6.92 Å². The third kappa shape index (κ3) is 4.10. The summed E-state index contributed by atoms with van der Waals surface area (Å²) < 4.78 is 37.6. The number of hydrogen-bond donors (Lipinski definition) is 0. The number of carbonyl (C=O) groups is 2. The van der Waals surface area contributed by atoms with Gasteiger partial charge in [-0.25, -0.2) is 9.69 Å². The number of nitrogens with zero attached hydrogens (tertiary/aromatic N) is 3. The summed E-state index contributed by atoms with van der Waals surface area (Å²) in [5.41, 5.74) is -4.42. The molecular weight excluding hydrogens is 403 g/mol. The fourth-order valence-electron chi connectivity index (χ4n) is 3.51. The normalized spacial score (nSPS) is 17.7. The Morgan fingerprint density at radius 2 is 1.66 bits per heavy atom. The summed E-state index contributed by atoms with van der Waals surface area (Å²) in [6.07, 6.45) is 3.84. The van der Waals surface area contributed by atoms with Crippen LogP contribution in [0.15, 0.2) is 53.7 Å². The zero-order valence-corrected chi connectivity index (χ0v) is 16.9. The van der Waals surface area contributed by atoms with Crippen molar-refractivity contribution in [1.29, 1.82) is 0 Å². The molecule has 1 saturated heterocycles. The molecule has 0 spiro atoms. The highest BCUT2D eigenvalue weighted by Gasteiger charge is 2.54. The standard InChI is InChI=1S/C20H20F3N3O2S/c1-4-16(13-9-11-24-12-10-13)26-18(28)25(17(27)19(26,2)3)14-5-7-15(8-6-14)29-20(21,22)23/h5-12,16H,4H2,1-3H3. The molecule has 0 saturated carbocycles. The highest BCUT2D eigenvalue weighted by atomic mass is 32.2. The van der Waals surface area contributed by atoms with E-state index in [2.05, 4.69) is 4.98 Å². The van der Waals surface area contributed by atoms with Crippen LogP contribution in [0.3, 0.4) is 0 Å². The summed E-state index contributed by atoms with van der Waals surface area (Å²) in [5, 5.41) is 0. The first-order valence-electron chi connectivity index (χ1n) is 9.00. The molecule has 1 unspecified atom stereocenters. The van der Waals surface area contributed by atoms with Crippen molar-refractivity contribution in [3.8, 4) is 0 Å². The van der Waals surface area contributed by atoms with Gasteiger partial charge in [0, 0.05) is 17.3 Å². The van der Waals surface area contributed by atoms with Crippen LogP contribution in [0.1, 0.15) is 38.8 Å². The summed E-state index contributed by atoms with van der Waals surface area (Å²) >= 11 is -0.245. The zero-order chi connectivity index (χ0) is 21.4. The maximum Gasteiger partial charge on any atom is 0.446 e. The average molecular weight is 423 g/mol. The van der Waals surface area contributed by atoms with Gasteiger partial charge in [-0.1, -0.05) is 6.92 Å². The molecule has 1 aromatic carbocycles. The van der Waals surface area contributed by atoms with Crippen LogP contribution in [-0.4, -0.2) is 32.9 Å². The summed E-state index contributed by atoms with van der Waals surface area (Å²) in [7, 11) is 0. The lowest BCUT2D eigenvalue weighted by atomic mass is 9.96. The van der Waals surface area contributed by atoms with Gasteiger partial charge in [0.15, 0.2) is 0 Å². The zero-order valence-electron chi connectivity index (χ0n) is 16.1. The van der Waals surface area contributed by atoms with Crippen molar-refractivity contribution in [1.82, 2.24) is 9.88 Å². The molecule has 2 aromatic rings. The van der Waals surface area contributed by atoms with Crippen molar-refractivity contribution in [2.24, 2.45) is 0 Å². The molecule has 2 heterocycles. The van der Waals surface area contributed by atoms with Crippen LogP contribution in [0.4, 0.5) is 23.7 Å². The number of thioether (sulfide) groups is 1. The van der Waals surface area contributed by atoms with Crippen LogP contribution in [0.25, 0.3) is 0 Å². The fourth-order valence-corrected chi connectivity index (χ4v) is 4.05. The van der Waals surface area contributed by atoms with Gasteiger partial charge >= 0.3 is 11.5 Å². The van der Waals surface area contributed by atoms with E-state index in [1.54, 1.807) is 38.4 Å². The summed E-state index contributed by atoms with van der Waals surface area (Å²) in [6, 6.07) is 7.98. The number of imide groups is 1. The van der Waals surface area contributed by atoms with Gasteiger partial charge in [-0.2, -0.15) is 13.2 Å². The van der Waals surface area contributed by atoms with E-state index >= 15 is 0 Å². The first kappa shape index (κ1) is 21.2. The Kier molecular flexibility index (Phi) is 5.62. The number of aromatic nitrogens is 1. The van der Waals surface area contributed by atoms with Crippen molar-refractivity contribution in [3.05, 3.63) is 54.4 Å². The van der Waals surface area contributed by atoms with Crippen LogP contribution < -0.4 is 4.90 Å². The third-order valence-corrected chi connectivity index (χ3v) is 5.58. The Labute approximate surface area is 170 Å². The Balaban J connectivity index is 1.94. The number of alkyl halides is 3. The molecule has 1 fully saturated rings. The topological polar surface area (TPSA) is 53.5 Å². The second-order valence-corrected chi connectivity index (χ2v) is 8.24. The average Bonchev–Trinajstić information content (AvgIpc) is 2.83. The first-order chi connectivity index (χ1) is 13.6. The molecule has 1 aliphatic rings. The van der Waals surface area contributed by atoms with E-state index in [4.69, 9.17) is 0 Å². The van der Waals surface area contributed by atoms with Gasteiger partial charge in [-0.15, -0.1) is 0 Å². The van der Waals surface area contributed by atoms with Crippen LogP contribution in [-0.2, 0) is 4.79 Å². The molecule has 0 aliphatic carbocycles. The Morgan fingerprint density at radius 3 is 2.17 bits per heavy atom. The molecule has 3 rings (SSSR count). The molecule has 3 amide bonds. The number of benzene rings is 1. The lowest BCUT2D eigenvalue weighted by molar-refractivity contribution is -0.124. The molecule has 5 nitrogen and oxygen atoms in total. The molecule has 1 aromatic heterocycles. The van der Waals surface area contributed by atoms with E-state index in [9.17, 15) is 22.8 Å². The van der Waals surface area contributed by atoms with Gasteiger partial charge in [0.2, 0.25) is 0 Å². The van der Waals surface area contributed by atoms with E-state index in [0.717, 1.165) is 10.5 Å². The highest BCUT2D eigenvalue weighted by Crippen LogP contribution is 2.41. The van der Waals surface area contributed by atoms with Gasteiger partial charge in [-0.3, -0.25) is 9.78 Å². The van der Waals surface area contributed by atoms with Gasteiger partial charge in [-0.05, 0) is 74.0 Å². The molecule has 154 valence electrons. The summed E-state index contributed by atoms with van der Waals surface area (Å²) in [5.74, 6) is -0.425. The van der Waals surface area contributed by atoms with Crippen LogP contribution in [0, 0.1) is 0 Å². The van der Waals surface area contributed by atoms with E-state index in [1.165, 1.54) is 29.2 Å². The molecule has 0 radical (unpaired) electrons. The predicted molar refractivity (Wildman–Crippen MR) is 104 cm³/mol. The van der Waals surface area contributed by atoms with Crippen LogP contribution in [0.5, 0.6) is 0 Å². The molecule has 9 heteroatoms. The minimum absolute atomic E-state index is 0.0142. The molecule has 0 bridgehead atoms. The smallest absolute Gasteiger partial charge is 0.303 e. The second-order valence-electron chi connectivity index (χ2n) is 7.10. The lowest BCUT2D eigenvalue weighted by Gasteiger charge is -2.35. The molecule has 1 aliphatic heterocycles. The lowest BCUT2D eigenvalue weighted by Crippen LogP contribution is -2.46. The minimum Gasteiger partial charge on any atom is -0.303 e. The summed E-state index contributed by atoms with van der Waals surface area (Å²) in [6.45, 7) is 5.26. The van der Waals surface area contributed by atoms with Crippen molar-refractivity contribution < 1.29 is 22.8 Å². The van der Waals surface area contributed by atoms with Gasteiger partial charge in [0.25, 0.3) is 5.91 Å². The van der Waals surface area contributed by atoms with Crippen molar-refractivity contribution >= 4 is 29.4 Å². The number of pyridine rings is 1. The van der Waals surface area contributed by atoms with Crippen LogP contribution >= 0.6 is 11.8 Å². The SMILES string of the molecule is CCC(c1ccncc1)N1C(=O)N(c2ccc(SC(F)(F)F)cc2)C(=O)C1(C)C. The Hall–Kier alpha value is -2.55. The van der Waals surface area contributed by atoms with Gasteiger partial charge in [0.05, 0.1) is 11.7 Å². The number of amides is 3. The molecular formula is C20H20F3N3O2S.